The Morgan fingerprint density at radius 2 is 0.667 bits per heavy atom. The number of rotatable bonds is 20. The molecule has 0 saturated heterocycles. The van der Waals surface area contributed by atoms with Gasteiger partial charge in [0.25, 0.3) is 11.8 Å². The minimum Gasteiger partial charge on any atom is -0.306 e. The summed E-state index contributed by atoms with van der Waals surface area (Å²) >= 11 is 10.6. The number of hydrogen-bond acceptors (Lipinski definition) is 8. The predicted molar refractivity (Wildman–Crippen MR) is 300 cm³/mol. The van der Waals surface area contributed by atoms with Gasteiger partial charge >= 0.3 is 0 Å². The van der Waals surface area contributed by atoms with Crippen LogP contribution in [0, 0.1) is 0 Å². The molecule has 6 aromatic rings. The monoisotopic (exact) mass is 1020 g/mol. The summed E-state index contributed by atoms with van der Waals surface area (Å²) in [6.07, 6.45) is 1.86. The Balaban J connectivity index is 1.24. The molecule has 8 rings (SSSR count). The topological polar surface area (TPSA) is 40.6 Å². The van der Waals surface area contributed by atoms with Crippen molar-refractivity contribution in [2.75, 3.05) is 13.1 Å². The van der Waals surface area contributed by atoms with Crippen LogP contribution < -0.4 is 0 Å². The zero-order valence-electron chi connectivity index (χ0n) is 41.0. The molecule has 12 heteroatoms. The zero-order valence-corrected chi connectivity index (χ0v) is 47.8. The van der Waals surface area contributed by atoms with Gasteiger partial charge < -0.3 is 9.80 Å². The van der Waals surface area contributed by atoms with Gasteiger partial charge in [-0.05, 0) is 84.3 Å². The third kappa shape index (κ3) is 8.93. The summed E-state index contributed by atoms with van der Waals surface area (Å²) < 4.78 is 0. The Hall–Kier alpha value is -2.95. The minimum absolute atomic E-state index is 0.0101. The maximum Gasteiger partial charge on any atom is 0.261 e. The molecule has 6 aromatic heterocycles. The van der Waals surface area contributed by atoms with Gasteiger partial charge in [0.2, 0.25) is 0 Å². The second-order valence-electron chi connectivity index (χ2n) is 20.3. The Labute approximate surface area is 421 Å². The van der Waals surface area contributed by atoms with Gasteiger partial charge in [-0.15, -0.1) is 68.0 Å². The summed E-state index contributed by atoms with van der Waals surface area (Å²) in [4.78, 5) is 47.1. The number of thiophene rings is 6. The molecule has 2 aliphatic rings. The van der Waals surface area contributed by atoms with E-state index < -0.39 is 16.1 Å². The van der Waals surface area contributed by atoms with E-state index in [4.69, 9.17) is 0 Å². The van der Waals surface area contributed by atoms with E-state index in [2.05, 4.69) is 167 Å². The van der Waals surface area contributed by atoms with Crippen LogP contribution in [0.3, 0.4) is 0 Å². The normalized spacial score (nSPS) is 15.1. The van der Waals surface area contributed by atoms with Crippen LogP contribution >= 0.6 is 68.0 Å². The van der Waals surface area contributed by atoms with Crippen molar-refractivity contribution in [1.82, 2.24) is 9.80 Å². The molecule has 0 unspecified atom stereocenters. The number of fused-ring (bicyclic) bond motifs is 1. The Bertz CT molecular complexity index is 2470. The van der Waals surface area contributed by atoms with E-state index in [-0.39, 0.29) is 11.8 Å². The molecule has 0 aliphatic carbocycles. The summed E-state index contributed by atoms with van der Waals surface area (Å²) in [6, 6.07) is 28.6. The molecule has 0 atom stereocenters. The number of nitrogens with zero attached hydrogens (tertiary/aromatic N) is 2. The van der Waals surface area contributed by atoms with E-state index >= 15 is 9.59 Å². The molecule has 0 N–H and O–H groups in total. The van der Waals surface area contributed by atoms with E-state index in [0.717, 1.165) is 46.1 Å². The first kappa shape index (κ1) is 49.5. The number of carbonyl (C=O) groups excluding carboxylic acids is 2. The van der Waals surface area contributed by atoms with Crippen LogP contribution in [0.4, 0.5) is 0 Å². The molecule has 8 heterocycles. The third-order valence-electron chi connectivity index (χ3n) is 15.5. The van der Waals surface area contributed by atoms with Gasteiger partial charge in [-0.3, -0.25) is 9.59 Å². The first-order chi connectivity index (χ1) is 31.5. The van der Waals surface area contributed by atoms with Crippen molar-refractivity contribution in [3.8, 4) is 39.0 Å². The highest BCUT2D eigenvalue weighted by atomic mass is 32.1. The lowest BCUT2D eigenvalue weighted by Gasteiger charge is -2.44. The summed E-state index contributed by atoms with van der Waals surface area (Å²) in [5, 5.41) is 4.26. The lowest BCUT2D eigenvalue weighted by molar-refractivity contribution is -0.124. The second-order valence-corrected chi connectivity index (χ2v) is 38.9. The number of hydrogen-bond donors (Lipinski definition) is 0. The Kier molecular flexibility index (Phi) is 15.1. The molecule has 2 amide bonds. The molecule has 2 aliphatic heterocycles. The molecule has 0 fully saturated rings. The van der Waals surface area contributed by atoms with E-state index in [0.29, 0.717) is 57.5 Å². The summed E-state index contributed by atoms with van der Waals surface area (Å²) in [7, 11) is -3.47. The molecule has 0 radical (unpaired) electrons. The quantitative estimate of drug-likeness (QED) is 0.0715. The van der Waals surface area contributed by atoms with Crippen LogP contribution in [0.15, 0.2) is 94.7 Å². The SMILES string of the molecule is CC(C)[Si](CCCN1C(=O)C2=C(c3ccc(-c4ccc(-c5cccs5)s4)s3)N(CCC[Si](C(C)C)(C(C)C)C(C)C)C(=O)C2=C1c1ccc(-c2ccc(-c3cccs3)s2)s1)(C(C)C)C(C)C. The first-order valence-electron chi connectivity index (χ1n) is 24.1. The van der Waals surface area contributed by atoms with Crippen molar-refractivity contribution in [3.63, 3.8) is 0 Å². The fraction of sp³-hybridized carbons (Fsp3) is 0.444. The van der Waals surface area contributed by atoms with Crippen molar-refractivity contribution in [1.29, 1.82) is 0 Å². The van der Waals surface area contributed by atoms with Crippen molar-refractivity contribution in [2.45, 2.75) is 141 Å². The fourth-order valence-electron chi connectivity index (χ4n) is 12.4. The van der Waals surface area contributed by atoms with E-state index in [1.54, 1.807) is 45.3 Å². The van der Waals surface area contributed by atoms with Gasteiger partial charge in [0.1, 0.15) is 0 Å². The minimum atomic E-state index is -1.73. The molecule has 0 spiro atoms. The van der Waals surface area contributed by atoms with Crippen LogP contribution in [-0.4, -0.2) is 50.9 Å². The van der Waals surface area contributed by atoms with Gasteiger partial charge in [-0.2, -0.15) is 0 Å². The van der Waals surface area contributed by atoms with E-state index in [9.17, 15) is 0 Å². The van der Waals surface area contributed by atoms with Gasteiger partial charge in [0.15, 0.2) is 0 Å². The lowest BCUT2D eigenvalue weighted by atomic mass is 10.1. The molecule has 4 nitrogen and oxygen atoms in total. The van der Waals surface area contributed by atoms with Gasteiger partial charge in [-0.1, -0.05) is 141 Å². The maximum atomic E-state index is 15.6. The van der Waals surface area contributed by atoms with Crippen LogP contribution in [0.1, 0.15) is 106 Å². The molecule has 66 heavy (non-hydrogen) atoms. The van der Waals surface area contributed by atoms with Crippen LogP contribution in [0.2, 0.25) is 45.3 Å². The van der Waals surface area contributed by atoms with E-state index in [1.165, 1.54) is 39.0 Å². The maximum absolute atomic E-state index is 15.6. The largest absolute Gasteiger partial charge is 0.306 e. The third-order valence-corrected chi connectivity index (χ3v) is 37.7. The Morgan fingerprint density at radius 1 is 0.394 bits per heavy atom. The predicted octanol–water partition coefficient (Wildman–Crippen LogP) is 18.7. The summed E-state index contributed by atoms with van der Waals surface area (Å²) in [5.41, 5.74) is 6.70. The Morgan fingerprint density at radius 3 is 0.939 bits per heavy atom. The summed E-state index contributed by atoms with van der Waals surface area (Å²) in [6.45, 7) is 30.4. The number of amides is 2. The average Bonchev–Trinajstić information content (AvgIpc) is 4.11. The molecule has 0 saturated carbocycles. The number of carbonyl (C=O) groups is 2. The molecule has 350 valence electrons. The van der Waals surface area contributed by atoms with Crippen LogP contribution in [0.5, 0.6) is 0 Å². The first-order valence-corrected chi connectivity index (χ1v) is 34.0. The van der Waals surface area contributed by atoms with Crippen LogP contribution in [0.25, 0.3) is 50.4 Å². The fourth-order valence-corrected chi connectivity index (χ4v) is 31.4. The van der Waals surface area contributed by atoms with Crippen molar-refractivity contribution >= 4 is 107 Å². The molecular formula is C54H68N2O2S6Si2. The highest BCUT2D eigenvalue weighted by Crippen LogP contribution is 2.53. The van der Waals surface area contributed by atoms with Gasteiger partial charge in [-0.25, -0.2) is 0 Å². The molecule has 0 aromatic carbocycles. The standard InChI is InChI=1S/C54H68N2O2S6Si2/c1-33(2)65(34(3)4,35(5)6)31-15-27-55-51(47-25-23-45(63-47)43-21-19-41(61-43)39-17-13-29-59-39)49-50(53(55)57)52(56(54(49)58)28-16-32-66(36(7)8,37(9)10)38(11)12)48-26-24-46(64-48)44-22-20-42(62-44)40-18-14-30-60-40/h13-14,17-26,29-30,33-38H,15-16,27-28,31-32H2,1-12H3. The van der Waals surface area contributed by atoms with Crippen molar-refractivity contribution in [2.24, 2.45) is 0 Å². The highest BCUT2D eigenvalue weighted by Gasteiger charge is 2.50. The zero-order chi connectivity index (χ0) is 47.2. The second kappa shape index (κ2) is 20.2. The lowest BCUT2D eigenvalue weighted by Crippen LogP contribution is -2.45. The molecular weight excluding hydrogens is 957 g/mol. The van der Waals surface area contributed by atoms with Gasteiger partial charge in [0.05, 0.1) is 48.4 Å². The highest BCUT2D eigenvalue weighted by molar-refractivity contribution is 7.27. The molecule has 0 bridgehead atoms. The van der Waals surface area contributed by atoms with E-state index in [1.807, 2.05) is 32.5 Å². The average molecular weight is 1030 g/mol. The van der Waals surface area contributed by atoms with Crippen molar-refractivity contribution in [3.05, 3.63) is 104 Å². The van der Waals surface area contributed by atoms with Crippen LogP contribution in [-0.2, 0) is 9.59 Å². The smallest absolute Gasteiger partial charge is 0.261 e. The summed E-state index contributed by atoms with van der Waals surface area (Å²) in [5.74, 6) is -0.0201. The van der Waals surface area contributed by atoms with Gasteiger partial charge in [0, 0.05) is 52.1 Å². The van der Waals surface area contributed by atoms with Crippen molar-refractivity contribution < 1.29 is 9.59 Å².